The van der Waals surface area contributed by atoms with Gasteiger partial charge in [0.2, 0.25) is 0 Å². The molecule has 1 atom stereocenters. The predicted molar refractivity (Wildman–Crippen MR) is 40.2 cm³/mol. The third-order valence-electron chi connectivity index (χ3n) is 2.01. The monoisotopic (exact) mass is 125 g/mol. The average Bonchev–Trinajstić information content (AvgIpc) is 1.88. The lowest BCUT2D eigenvalue weighted by molar-refractivity contribution is 0.517. The molecule has 1 aliphatic carbocycles. The van der Waals surface area contributed by atoms with Gasteiger partial charge in [-0.05, 0) is 32.6 Å². The zero-order valence-corrected chi connectivity index (χ0v) is 6.06. The zero-order chi connectivity index (χ0) is 6.69. The summed E-state index contributed by atoms with van der Waals surface area (Å²) < 4.78 is 0. The van der Waals surface area contributed by atoms with E-state index in [1.165, 1.54) is 19.3 Å². The topological polar surface area (TPSA) is 26.0 Å². The van der Waals surface area contributed by atoms with Crippen LogP contribution >= 0.6 is 0 Å². The molecule has 0 saturated heterocycles. The highest BCUT2D eigenvalue weighted by atomic mass is 14.6. The van der Waals surface area contributed by atoms with Crippen LogP contribution in [0.3, 0.4) is 0 Å². The molecule has 1 fully saturated rings. The van der Waals surface area contributed by atoms with Gasteiger partial charge in [0, 0.05) is 6.04 Å². The molecular formula is C8H15N. The van der Waals surface area contributed by atoms with Crippen molar-refractivity contribution in [1.82, 2.24) is 0 Å². The van der Waals surface area contributed by atoms with E-state index >= 15 is 0 Å². The van der Waals surface area contributed by atoms with Gasteiger partial charge in [-0.2, -0.15) is 0 Å². The quantitative estimate of drug-likeness (QED) is 0.491. The number of hydrogen-bond donors (Lipinski definition) is 1. The van der Waals surface area contributed by atoms with Gasteiger partial charge in [-0.15, -0.1) is 0 Å². The molecule has 9 heavy (non-hydrogen) atoms. The molecule has 0 aliphatic heterocycles. The first kappa shape index (κ1) is 6.81. The SMILES string of the molecule is C/C=C1\CCCC(N)C1. The summed E-state index contributed by atoms with van der Waals surface area (Å²) in [4.78, 5) is 0. The summed E-state index contributed by atoms with van der Waals surface area (Å²) in [6, 6.07) is 0.449. The Hall–Kier alpha value is -0.300. The van der Waals surface area contributed by atoms with Crippen molar-refractivity contribution in [3.05, 3.63) is 11.6 Å². The summed E-state index contributed by atoms with van der Waals surface area (Å²) in [6.07, 6.45) is 7.14. The molecule has 0 aromatic carbocycles. The molecule has 0 aromatic rings. The van der Waals surface area contributed by atoms with Crippen molar-refractivity contribution in [2.24, 2.45) is 5.73 Å². The van der Waals surface area contributed by atoms with Gasteiger partial charge in [0.05, 0.1) is 0 Å². The van der Waals surface area contributed by atoms with Crippen LogP contribution in [-0.2, 0) is 0 Å². The van der Waals surface area contributed by atoms with E-state index in [1.807, 2.05) is 0 Å². The van der Waals surface area contributed by atoms with E-state index in [2.05, 4.69) is 13.0 Å². The molecule has 0 radical (unpaired) electrons. The van der Waals surface area contributed by atoms with Crippen molar-refractivity contribution < 1.29 is 0 Å². The van der Waals surface area contributed by atoms with Gasteiger partial charge in [0.15, 0.2) is 0 Å². The van der Waals surface area contributed by atoms with E-state index in [0.717, 1.165) is 6.42 Å². The largest absolute Gasteiger partial charge is 0.327 e. The van der Waals surface area contributed by atoms with Gasteiger partial charge in [-0.25, -0.2) is 0 Å². The minimum Gasteiger partial charge on any atom is -0.327 e. The number of hydrogen-bond acceptors (Lipinski definition) is 1. The minimum atomic E-state index is 0.449. The van der Waals surface area contributed by atoms with Gasteiger partial charge in [-0.1, -0.05) is 11.6 Å². The lowest BCUT2D eigenvalue weighted by atomic mass is 9.91. The molecule has 0 spiro atoms. The Kier molecular flexibility index (Phi) is 2.29. The first-order valence-corrected chi connectivity index (χ1v) is 3.72. The lowest BCUT2D eigenvalue weighted by Gasteiger charge is -2.19. The molecule has 0 bridgehead atoms. The zero-order valence-electron chi connectivity index (χ0n) is 6.06. The van der Waals surface area contributed by atoms with Crippen molar-refractivity contribution in [2.45, 2.75) is 38.6 Å². The van der Waals surface area contributed by atoms with Gasteiger partial charge in [-0.3, -0.25) is 0 Å². The standard InChI is InChI=1S/C8H15N/c1-2-7-4-3-5-8(9)6-7/h2,8H,3-6,9H2,1H3/b7-2+. The fourth-order valence-electron chi connectivity index (χ4n) is 1.39. The summed E-state index contributed by atoms with van der Waals surface area (Å²) in [7, 11) is 0. The first-order chi connectivity index (χ1) is 4.33. The molecule has 0 amide bonds. The van der Waals surface area contributed by atoms with E-state index in [4.69, 9.17) is 5.73 Å². The van der Waals surface area contributed by atoms with Crippen LogP contribution in [-0.4, -0.2) is 6.04 Å². The Morgan fingerprint density at radius 2 is 2.44 bits per heavy atom. The summed E-state index contributed by atoms with van der Waals surface area (Å²) in [5.74, 6) is 0. The number of rotatable bonds is 0. The molecule has 0 aromatic heterocycles. The molecular weight excluding hydrogens is 110 g/mol. The number of nitrogens with two attached hydrogens (primary N) is 1. The molecule has 52 valence electrons. The van der Waals surface area contributed by atoms with Crippen LogP contribution < -0.4 is 5.73 Å². The summed E-state index contributed by atoms with van der Waals surface area (Å²) in [5.41, 5.74) is 7.31. The maximum Gasteiger partial charge on any atom is 0.00761 e. The maximum absolute atomic E-state index is 5.76. The van der Waals surface area contributed by atoms with Crippen molar-refractivity contribution in [3.63, 3.8) is 0 Å². The normalized spacial score (nSPS) is 33.1. The van der Waals surface area contributed by atoms with Crippen LogP contribution in [0.1, 0.15) is 32.6 Å². The van der Waals surface area contributed by atoms with Crippen LogP contribution in [0.5, 0.6) is 0 Å². The van der Waals surface area contributed by atoms with Gasteiger partial charge in [0.25, 0.3) is 0 Å². The van der Waals surface area contributed by atoms with Crippen LogP contribution in [0.2, 0.25) is 0 Å². The lowest BCUT2D eigenvalue weighted by Crippen LogP contribution is -2.23. The number of allylic oxidation sites excluding steroid dienone is 1. The van der Waals surface area contributed by atoms with E-state index < -0.39 is 0 Å². The van der Waals surface area contributed by atoms with Crippen LogP contribution in [0.15, 0.2) is 11.6 Å². The molecule has 0 heterocycles. The first-order valence-electron chi connectivity index (χ1n) is 3.72. The molecule has 1 aliphatic rings. The molecule has 2 N–H and O–H groups in total. The van der Waals surface area contributed by atoms with E-state index in [0.29, 0.717) is 6.04 Å². The highest BCUT2D eigenvalue weighted by molar-refractivity contribution is 5.05. The second-order valence-corrected chi connectivity index (χ2v) is 2.80. The van der Waals surface area contributed by atoms with Crippen molar-refractivity contribution in [2.75, 3.05) is 0 Å². The second kappa shape index (κ2) is 3.02. The van der Waals surface area contributed by atoms with E-state index in [9.17, 15) is 0 Å². The molecule has 1 heteroatoms. The Bertz CT molecular complexity index is 116. The third-order valence-corrected chi connectivity index (χ3v) is 2.01. The Morgan fingerprint density at radius 1 is 1.67 bits per heavy atom. The summed E-state index contributed by atoms with van der Waals surface area (Å²) >= 11 is 0. The Labute approximate surface area is 56.9 Å². The highest BCUT2D eigenvalue weighted by Crippen LogP contribution is 2.21. The van der Waals surface area contributed by atoms with Gasteiger partial charge in [0.1, 0.15) is 0 Å². The molecule has 1 saturated carbocycles. The third kappa shape index (κ3) is 1.83. The Morgan fingerprint density at radius 3 is 2.89 bits per heavy atom. The minimum absolute atomic E-state index is 0.449. The van der Waals surface area contributed by atoms with Crippen LogP contribution in [0, 0.1) is 0 Å². The Balaban J connectivity index is 2.41. The van der Waals surface area contributed by atoms with Crippen LogP contribution in [0.25, 0.3) is 0 Å². The molecule has 1 unspecified atom stereocenters. The predicted octanol–water partition coefficient (Wildman–Crippen LogP) is 1.83. The molecule has 1 nitrogen and oxygen atoms in total. The van der Waals surface area contributed by atoms with E-state index in [-0.39, 0.29) is 0 Å². The summed E-state index contributed by atoms with van der Waals surface area (Å²) in [5, 5.41) is 0. The van der Waals surface area contributed by atoms with E-state index in [1.54, 1.807) is 5.57 Å². The smallest absolute Gasteiger partial charge is 0.00761 e. The summed E-state index contributed by atoms with van der Waals surface area (Å²) in [6.45, 7) is 2.10. The fraction of sp³-hybridized carbons (Fsp3) is 0.750. The van der Waals surface area contributed by atoms with Crippen LogP contribution in [0.4, 0.5) is 0 Å². The van der Waals surface area contributed by atoms with Crippen molar-refractivity contribution in [3.8, 4) is 0 Å². The average molecular weight is 125 g/mol. The van der Waals surface area contributed by atoms with Gasteiger partial charge >= 0.3 is 0 Å². The van der Waals surface area contributed by atoms with Crippen molar-refractivity contribution in [1.29, 1.82) is 0 Å². The second-order valence-electron chi connectivity index (χ2n) is 2.80. The van der Waals surface area contributed by atoms with Gasteiger partial charge < -0.3 is 5.73 Å². The highest BCUT2D eigenvalue weighted by Gasteiger charge is 2.11. The fourth-order valence-corrected chi connectivity index (χ4v) is 1.39. The maximum atomic E-state index is 5.76. The molecule has 1 rings (SSSR count). The van der Waals surface area contributed by atoms with Crippen molar-refractivity contribution >= 4 is 0 Å².